The fourth-order valence-corrected chi connectivity index (χ4v) is 11.2. The number of nitrogens with one attached hydrogen (secondary N) is 2. The number of hydrogen-bond donors (Lipinski definition) is 3. The van der Waals surface area contributed by atoms with Crippen molar-refractivity contribution >= 4 is 64.7 Å². The molecule has 1 fully saturated rings. The van der Waals surface area contributed by atoms with Crippen LogP contribution in [0.15, 0.2) is 12.2 Å². The minimum absolute atomic E-state index is 0.0299. The van der Waals surface area contributed by atoms with Crippen LogP contribution in [-0.4, -0.2) is 214 Å². The van der Waals surface area contributed by atoms with Crippen LogP contribution in [-0.2, 0) is 52.7 Å². The van der Waals surface area contributed by atoms with Gasteiger partial charge in [0.25, 0.3) is 0 Å². The quantitative estimate of drug-likeness (QED) is 0.173. The summed E-state index contributed by atoms with van der Waals surface area (Å²) >= 11 is 0. The molecule has 21 nitrogen and oxygen atoms in total. The van der Waals surface area contributed by atoms with E-state index >= 15 is 9.59 Å². The van der Waals surface area contributed by atoms with Crippen molar-refractivity contribution in [2.24, 2.45) is 53.3 Å². The summed E-state index contributed by atoms with van der Waals surface area (Å²) in [5.74, 6) is -10.4. The number of carbonyl (C=O) groups is 11. The molecule has 0 spiro atoms. The number of ketones is 2. The molecule has 486 valence electrons. The molecule has 0 unspecified atom stereocenters. The second-order valence-electron chi connectivity index (χ2n) is 26.8. The molecule has 3 N–H and O–H groups in total. The first-order chi connectivity index (χ1) is 39.2. The summed E-state index contributed by atoms with van der Waals surface area (Å²) in [5.41, 5.74) is 0. The molecular formula is C64H113N9O12. The van der Waals surface area contributed by atoms with E-state index in [9.17, 15) is 48.3 Å². The Labute approximate surface area is 510 Å². The number of allylic oxidation sites excluding steroid dienone is 2. The van der Waals surface area contributed by atoms with E-state index < -0.39 is 144 Å². The van der Waals surface area contributed by atoms with Crippen LogP contribution in [0.3, 0.4) is 0 Å². The van der Waals surface area contributed by atoms with Crippen molar-refractivity contribution in [1.29, 1.82) is 0 Å². The Morgan fingerprint density at radius 1 is 0.482 bits per heavy atom. The Morgan fingerprint density at radius 3 is 1.38 bits per heavy atom. The Balaban J connectivity index is 4.32. The third-order valence-electron chi connectivity index (χ3n) is 16.7. The summed E-state index contributed by atoms with van der Waals surface area (Å²) in [6.45, 7) is 29.9. The van der Waals surface area contributed by atoms with Gasteiger partial charge in [-0.15, -0.1) is 0 Å². The van der Waals surface area contributed by atoms with Crippen molar-refractivity contribution in [3.8, 4) is 0 Å². The SMILES string of the molecule is C/C=C/C[C@@H](C)[C@@H](O)[C@H]1C(=O)N[C@@H](CC)C(=O)N(C)CC(=O)N(C)[C@@H](CC(C)C)C(=O)N[C@@H](C(C)C)C(=O)N(C)[C@@H](CC(C)C)C(=O)C[C@@H](C)C(=O)C[C@H](C)C(=O)N(C)[C@@H](CC(C)C)C(=O)N(C)[C@@H](CC(C)C)C(=O)N(C)[C@@H](C(C)C)C(=O)N1C. The fourth-order valence-electron chi connectivity index (χ4n) is 11.2. The minimum Gasteiger partial charge on any atom is -0.390 e. The number of aliphatic hydroxyl groups is 1. The highest BCUT2D eigenvalue weighted by Gasteiger charge is 2.45. The van der Waals surface area contributed by atoms with Gasteiger partial charge in [0.15, 0.2) is 5.78 Å². The molecule has 0 aromatic rings. The molecule has 85 heavy (non-hydrogen) atoms. The van der Waals surface area contributed by atoms with Crippen molar-refractivity contribution in [3.05, 3.63) is 12.2 Å². The van der Waals surface area contributed by atoms with Crippen molar-refractivity contribution in [2.75, 3.05) is 55.9 Å². The van der Waals surface area contributed by atoms with Crippen molar-refractivity contribution < 1.29 is 57.8 Å². The molecule has 0 radical (unpaired) electrons. The lowest BCUT2D eigenvalue weighted by molar-refractivity contribution is -0.157. The topological polar surface area (TPSA) is 255 Å². The Morgan fingerprint density at radius 2 is 0.918 bits per heavy atom. The van der Waals surface area contributed by atoms with Crippen molar-refractivity contribution in [3.63, 3.8) is 0 Å². The molecule has 1 aliphatic rings. The third-order valence-corrected chi connectivity index (χ3v) is 16.7. The summed E-state index contributed by atoms with van der Waals surface area (Å²) in [6, 6.07) is -9.57. The molecule has 0 aliphatic carbocycles. The summed E-state index contributed by atoms with van der Waals surface area (Å²) in [7, 11) is 10.1. The van der Waals surface area contributed by atoms with Crippen LogP contribution in [0.1, 0.15) is 169 Å². The van der Waals surface area contributed by atoms with E-state index in [0.717, 1.165) is 9.80 Å². The number of nitrogens with zero attached hydrogens (tertiary/aromatic N) is 7. The van der Waals surface area contributed by atoms with Gasteiger partial charge in [-0.2, -0.15) is 0 Å². The lowest BCUT2D eigenvalue weighted by Crippen LogP contribution is -2.63. The van der Waals surface area contributed by atoms with E-state index in [1.165, 1.54) is 73.8 Å². The standard InChI is InChI=1S/C64H113N9O12/c1-25-27-28-42(15)56(77)55-58(79)65-45(26-2)60(81)67(18)35-52(76)68(19)47(30-37(5)6)57(78)66-53(40(11)12)63(84)69(20)46(29-36(3)4)51(75)33-43(16)50(74)34-44(17)59(80)70(21)48(31-38(7)8)61(82)71(22)49(32-39(9)10)62(83)72(23)54(41(13)14)64(85)73(55)24/h25,27,36-49,53-56,77H,26,28-35H2,1-24H3,(H,65,79)(H,66,78)/b27-25+/t42-,43-,44+,45+,46+,47+,48+,49+,53+,54+,55+,56-/m1/s1. The van der Waals surface area contributed by atoms with Crippen LogP contribution >= 0.6 is 0 Å². The van der Waals surface area contributed by atoms with E-state index in [1.54, 1.807) is 68.4 Å². The average molecular weight is 1200 g/mol. The number of Topliss-reactive ketones (excluding diaryl/α,β-unsaturated/α-hetero) is 2. The average Bonchev–Trinajstić information content (AvgIpc) is 3.62. The Kier molecular flexibility index (Phi) is 32.0. The highest BCUT2D eigenvalue weighted by Crippen LogP contribution is 2.27. The predicted molar refractivity (Wildman–Crippen MR) is 331 cm³/mol. The number of amides is 9. The second-order valence-corrected chi connectivity index (χ2v) is 26.8. The fraction of sp³-hybridized carbons (Fsp3) is 0.797. The van der Waals surface area contributed by atoms with Gasteiger partial charge >= 0.3 is 0 Å². The first kappa shape index (κ1) is 77.3. The minimum atomic E-state index is -1.60. The summed E-state index contributed by atoms with van der Waals surface area (Å²) in [4.78, 5) is 169. The highest BCUT2D eigenvalue weighted by atomic mass is 16.3. The smallest absolute Gasteiger partial charge is 0.246 e. The lowest BCUT2D eigenvalue weighted by atomic mass is 9.88. The maximum absolute atomic E-state index is 15.1. The number of hydrogen-bond acceptors (Lipinski definition) is 12. The van der Waals surface area contributed by atoms with Crippen LogP contribution in [0, 0.1) is 53.3 Å². The molecule has 1 rings (SSSR count). The maximum Gasteiger partial charge on any atom is 0.246 e. The predicted octanol–water partition coefficient (Wildman–Crippen LogP) is 5.45. The first-order valence-corrected chi connectivity index (χ1v) is 31.0. The molecule has 0 aromatic carbocycles. The van der Waals surface area contributed by atoms with Crippen LogP contribution < -0.4 is 10.6 Å². The molecule has 21 heteroatoms. The van der Waals surface area contributed by atoms with Crippen LogP contribution in [0.5, 0.6) is 0 Å². The zero-order chi connectivity index (χ0) is 66.0. The number of aliphatic hydroxyl groups excluding tert-OH is 1. The van der Waals surface area contributed by atoms with Crippen LogP contribution in [0.4, 0.5) is 0 Å². The molecule has 12 atom stereocenters. The van der Waals surface area contributed by atoms with E-state index in [2.05, 4.69) is 10.6 Å². The van der Waals surface area contributed by atoms with Gasteiger partial charge in [0.1, 0.15) is 48.1 Å². The van der Waals surface area contributed by atoms with Gasteiger partial charge in [-0.1, -0.05) is 123 Å². The van der Waals surface area contributed by atoms with E-state index in [-0.39, 0.29) is 80.2 Å². The van der Waals surface area contributed by atoms with Crippen LogP contribution in [0.2, 0.25) is 0 Å². The third kappa shape index (κ3) is 21.9. The molecule has 0 aromatic heterocycles. The van der Waals surface area contributed by atoms with Crippen molar-refractivity contribution in [2.45, 2.75) is 224 Å². The summed E-state index contributed by atoms with van der Waals surface area (Å²) in [5, 5.41) is 17.7. The zero-order valence-electron chi connectivity index (χ0n) is 56.5. The normalized spacial score (nSPS) is 27.1. The van der Waals surface area contributed by atoms with Gasteiger partial charge in [-0.3, -0.25) is 52.7 Å². The van der Waals surface area contributed by atoms with E-state index in [0.29, 0.717) is 6.42 Å². The van der Waals surface area contributed by atoms with Crippen molar-refractivity contribution in [1.82, 2.24) is 44.9 Å². The number of likely N-dealkylation sites (N-methyl/N-ethyl adjacent to an activating group) is 7. The van der Waals surface area contributed by atoms with Gasteiger partial charge in [0.2, 0.25) is 53.2 Å². The molecule has 1 heterocycles. The van der Waals surface area contributed by atoms with Gasteiger partial charge in [-0.05, 0) is 86.9 Å². The second kappa shape index (κ2) is 35.2. The molecule has 9 amide bonds. The molecular weight excluding hydrogens is 1090 g/mol. The van der Waals surface area contributed by atoms with Gasteiger partial charge in [0.05, 0.1) is 18.7 Å². The van der Waals surface area contributed by atoms with Crippen LogP contribution in [0.25, 0.3) is 0 Å². The number of carbonyl (C=O) groups excluding carboxylic acids is 11. The van der Waals surface area contributed by atoms with E-state index in [4.69, 9.17) is 0 Å². The maximum atomic E-state index is 15.1. The summed E-state index contributed by atoms with van der Waals surface area (Å²) < 4.78 is 0. The Hall–Kier alpha value is -5.73. The molecule has 1 saturated heterocycles. The van der Waals surface area contributed by atoms with Gasteiger partial charge < -0.3 is 50.0 Å². The monoisotopic (exact) mass is 1200 g/mol. The first-order valence-electron chi connectivity index (χ1n) is 31.0. The van der Waals surface area contributed by atoms with Gasteiger partial charge in [-0.25, -0.2) is 0 Å². The lowest BCUT2D eigenvalue weighted by Gasteiger charge is -2.41. The van der Waals surface area contributed by atoms with E-state index in [1.807, 2.05) is 61.5 Å². The largest absolute Gasteiger partial charge is 0.390 e. The number of rotatable bonds is 15. The molecule has 0 bridgehead atoms. The zero-order valence-corrected chi connectivity index (χ0v) is 56.5. The summed E-state index contributed by atoms with van der Waals surface area (Å²) in [6.07, 6.45) is 2.73. The molecule has 0 saturated carbocycles. The highest BCUT2D eigenvalue weighted by molar-refractivity contribution is 5.99. The molecule has 1 aliphatic heterocycles. The Bertz CT molecular complexity index is 2320. The van der Waals surface area contributed by atoms with Gasteiger partial charge in [0, 0.05) is 74.0 Å².